The predicted octanol–water partition coefficient (Wildman–Crippen LogP) is 4.25. The molecule has 5 rings (SSSR count). The van der Waals surface area contributed by atoms with Gasteiger partial charge in [0.25, 0.3) is 11.5 Å². The van der Waals surface area contributed by atoms with Gasteiger partial charge in [-0.1, -0.05) is 42.1 Å². The first-order chi connectivity index (χ1) is 16.0. The molecule has 0 bridgehead atoms. The lowest BCUT2D eigenvalue weighted by Gasteiger charge is -2.24. The Morgan fingerprint density at radius 1 is 1.15 bits per heavy atom. The number of fused-ring (bicyclic) bond motifs is 2. The van der Waals surface area contributed by atoms with Gasteiger partial charge in [-0.2, -0.15) is 4.98 Å². The van der Waals surface area contributed by atoms with Gasteiger partial charge in [-0.15, -0.1) is 5.10 Å². The van der Waals surface area contributed by atoms with Crippen LogP contribution in [0.15, 0.2) is 59.9 Å². The smallest absolute Gasteiger partial charge is 0.269 e. The third kappa shape index (κ3) is 4.17. The van der Waals surface area contributed by atoms with E-state index in [1.165, 1.54) is 23.9 Å². The Bertz CT molecular complexity index is 1370. The fraction of sp³-hybridized carbons (Fsp3) is 0.217. The molecule has 0 saturated heterocycles. The molecular weight excluding hydrogens is 442 g/mol. The van der Waals surface area contributed by atoms with Crippen LogP contribution in [0.1, 0.15) is 39.5 Å². The number of methoxy groups -OCH3 is 1. The standard InChI is InChI=1S/C23H19N5O4S/c1-32-21-5-3-2-4-17(21)15-10-19-18(20(29)11-15)12-27-22(24-19)25-23(26-27)33-13-14-6-8-16(9-7-14)28(30)31/h2-9,12,15H,10-11,13H2,1H3. The van der Waals surface area contributed by atoms with E-state index < -0.39 is 4.92 Å². The normalized spacial score (nSPS) is 15.4. The van der Waals surface area contributed by atoms with Crippen molar-refractivity contribution in [1.82, 2.24) is 19.6 Å². The van der Waals surface area contributed by atoms with Crippen molar-refractivity contribution in [2.45, 2.75) is 29.7 Å². The molecule has 1 aliphatic rings. The Kier molecular flexibility index (Phi) is 5.51. The highest BCUT2D eigenvalue weighted by Gasteiger charge is 2.30. The lowest BCUT2D eigenvalue weighted by atomic mass is 9.82. The molecule has 166 valence electrons. The first-order valence-electron chi connectivity index (χ1n) is 10.3. The minimum atomic E-state index is -0.423. The number of aromatic nitrogens is 4. The van der Waals surface area contributed by atoms with E-state index in [-0.39, 0.29) is 17.4 Å². The SMILES string of the molecule is COc1ccccc1C1CC(=O)c2cn3nc(SCc4ccc([N+](=O)[O-])cc4)nc3nc2C1. The van der Waals surface area contributed by atoms with Crippen LogP contribution in [0.3, 0.4) is 0 Å². The first-order valence-corrected chi connectivity index (χ1v) is 11.3. The first kappa shape index (κ1) is 21.1. The average Bonchev–Trinajstić information content (AvgIpc) is 3.23. The molecule has 1 unspecified atom stereocenters. The second kappa shape index (κ2) is 8.62. The maximum absolute atomic E-state index is 12.9. The second-order valence-corrected chi connectivity index (χ2v) is 8.67. The van der Waals surface area contributed by atoms with Crippen LogP contribution >= 0.6 is 11.8 Å². The number of hydrogen-bond donors (Lipinski definition) is 0. The second-order valence-electron chi connectivity index (χ2n) is 7.72. The van der Waals surface area contributed by atoms with Crippen molar-refractivity contribution in [3.05, 3.63) is 87.2 Å². The number of para-hydroxylation sites is 1. The minimum absolute atomic E-state index is 0.00463. The largest absolute Gasteiger partial charge is 0.496 e. The van der Waals surface area contributed by atoms with Crippen LogP contribution in [0.2, 0.25) is 0 Å². The van der Waals surface area contributed by atoms with Gasteiger partial charge >= 0.3 is 0 Å². The molecule has 0 N–H and O–H groups in total. The van der Waals surface area contributed by atoms with Crippen molar-refractivity contribution in [2.75, 3.05) is 7.11 Å². The van der Waals surface area contributed by atoms with Gasteiger partial charge in [0.1, 0.15) is 5.75 Å². The van der Waals surface area contributed by atoms with Crippen LogP contribution in [0.4, 0.5) is 5.69 Å². The Balaban J connectivity index is 1.37. The molecule has 33 heavy (non-hydrogen) atoms. The van der Waals surface area contributed by atoms with Crippen molar-refractivity contribution in [1.29, 1.82) is 0 Å². The van der Waals surface area contributed by atoms with Crippen molar-refractivity contribution in [3.8, 4) is 5.75 Å². The van der Waals surface area contributed by atoms with Gasteiger partial charge in [0, 0.05) is 36.4 Å². The van der Waals surface area contributed by atoms with Gasteiger partial charge in [0.05, 0.1) is 23.3 Å². The Hall–Kier alpha value is -3.79. The number of nitro benzene ring substituents is 1. The summed E-state index contributed by atoms with van der Waals surface area (Å²) in [6.07, 6.45) is 2.72. The molecule has 0 saturated carbocycles. The molecule has 2 heterocycles. The number of thioether (sulfide) groups is 1. The lowest BCUT2D eigenvalue weighted by molar-refractivity contribution is -0.384. The van der Waals surface area contributed by atoms with E-state index in [4.69, 9.17) is 4.74 Å². The molecule has 10 heteroatoms. The number of nitro groups is 1. The highest BCUT2D eigenvalue weighted by Crippen LogP contribution is 2.36. The Morgan fingerprint density at radius 2 is 1.94 bits per heavy atom. The maximum atomic E-state index is 12.9. The highest BCUT2D eigenvalue weighted by molar-refractivity contribution is 7.98. The van der Waals surface area contributed by atoms with Gasteiger partial charge in [0.15, 0.2) is 5.78 Å². The number of benzene rings is 2. The Labute approximate surface area is 193 Å². The number of carbonyl (C=O) groups is 1. The summed E-state index contributed by atoms with van der Waals surface area (Å²) in [7, 11) is 1.63. The molecule has 0 amide bonds. The van der Waals surface area contributed by atoms with Gasteiger partial charge in [-0.05, 0) is 23.6 Å². The summed E-state index contributed by atoms with van der Waals surface area (Å²) in [6, 6.07) is 14.1. The zero-order valence-electron chi connectivity index (χ0n) is 17.7. The summed E-state index contributed by atoms with van der Waals surface area (Å²) in [6.45, 7) is 0. The summed E-state index contributed by atoms with van der Waals surface area (Å²) in [4.78, 5) is 32.4. The summed E-state index contributed by atoms with van der Waals surface area (Å²) in [5.41, 5.74) is 3.27. The van der Waals surface area contributed by atoms with Gasteiger partial charge in [-0.25, -0.2) is 9.50 Å². The van der Waals surface area contributed by atoms with Crippen LogP contribution in [-0.4, -0.2) is 37.4 Å². The van der Waals surface area contributed by atoms with E-state index in [9.17, 15) is 14.9 Å². The number of Topliss-reactive ketones (excluding diaryl/α,β-unsaturated/α-hetero) is 1. The average molecular weight is 462 g/mol. The van der Waals surface area contributed by atoms with Crippen LogP contribution in [0.25, 0.3) is 5.78 Å². The molecule has 2 aromatic carbocycles. The van der Waals surface area contributed by atoms with Crippen LogP contribution in [-0.2, 0) is 12.2 Å². The number of ether oxygens (including phenoxy) is 1. The van der Waals surface area contributed by atoms with E-state index in [1.807, 2.05) is 24.3 Å². The molecule has 0 fully saturated rings. The maximum Gasteiger partial charge on any atom is 0.269 e. The number of carbonyl (C=O) groups excluding carboxylic acids is 1. The predicted molar refractivity (Wildman–Crippen MR) is 122 cm³/mol. The molecule has 0 aliphatic heterocycles. The molecule has 1 aliphatic carbocycles. The van der Waals surface area contributed by atoms with Gasteiger partial charge < -0.3 is 4.74 Å². The van der Waals surface area contributed by atoms with Crippen molar-refractivity contribution in [3.63, 3.8) is 0 Å². The zero-order valence-corrected chi connectivity index (χ0v) is 18.5. The number of rotatable bonds is 6. The molecule has 4 aromatic rings. The topological polar surface area (TPSA) is 113 Å². The molecule has 9 nitrogen and oxygen atoms in total. The van der Waals surface area contributed by atoms with E-state index in [0.717, 1.165) is 16.9 Å². The quantitative estimate of drug-likeness (QED) is 0.238. The van der Waals surface area contributed by atoms with E-state index in [2.05, 4.69) is 15.1 Å². The molecule has 1 atom stereocenters. The number of ketones is 1. The third-order valence-corrected chi connectivity index (χ3v) is 6.57. The van der Waals surface area contributed by atoms with Crippen LogP contribution in [0.5, 0.6) is 5.75 Å². The summed E-state index contributed by atoms with van der Waals surface area (Å²) >= 11 is 1.40. The summed E-state index contributed by atoms with van der Waals surface area (Å²) in [5.74, 6) is 1.79. The fourth-order valence-electron chi connectivity index (χ4n) is 4.01. The Morgan fingerprint density at radius 3 is 2.70 bits per heavy atom. The van der Waals surface area contributed by atoms with E-state index in [1.54, 1.807) is 30.0 Å². The molecule has 0 radical (unpaired) electrons. The van der Waals surface area contributed by atoms with Crippen LogP contribution < -0.4 is 4.74 Å². The number of hydrogen-bond acceptors (Lipinski definition) is 8. The molecule has 2 aromatic heterocycles. The third-order valence-electron chi connectivity index (χ3n) is 5.66. The molecular formula is C23H19N5O4S. The molecule has 0 spiro atoms. The van der Waals surface area contributed by atoms with E-state index in [0.29, 0.717) is 40.8 Å². The minimum Gasteiger partial charge on any atom is -0.496 e. The lowest BCUT2D eigenvalue weighted by Crippen LogP contribution is -2.21. The fourth-order valence-corrected chi connectivity index (χ4v) is 4.79. The number of nitrogens with zero attached hydrogens (tertiary/aromatic N) is 5. The summed E-state index contributed by atoms with van der Waals surface area (Å²) in [5, 5.41) is 15.8. The number of non-ortho nitro benzene ring substituents is 1. The zero-order chi connectivity index (χ0) is 22.9. The van der Waals surface area contributed by atoms with Gasteiger partial charge in [0.2, 0.25) is 5.16 Å². The summed E-state index contributed by atoms with van der Waals surface area (Å²) < 4.78 is 7.02. The van der Waals surface area contributed by atoms with Crippen molar-refractivity contribution < 1.29 is 14.5 Å². The van der Waals surface area contributed by atoms with Gasteiger partial charge in [-0.3, -0.25) is 14.9 Å². The van der Waals surface area contributed by atoms with Crippen molar-refractivity contribution in [2.24, 2.45) is 0 Å². The highest BCUT2D eigenvalue weighted by atomic mass is 32.2. The van der Waals surface area contributed by atoms with Crippen LogP contribution in [0, 0.1) is 10.1 Å². The van der Waals surface area contributed by atoms with Crippen molar-refractivity contribution >= 4 is 29.0 Å². The monoisotopic (exact) mass is 461 g/mol. The van der Waals surface area contributed by atoms with E-state index >= 15 is 0 Å².